The fourth-order valence-electron chi connectivity index (χ4n) is 8.47. The van der Waals surface area contributed by atoms with Crippen molar-refractivity contribution in [2.24, 2.45) is 5.41 Å². The van der Waals surface area contributed by atoms with Crippen LogP contribution in [-0.2, 0) is 75.8 Å². The van der Waals surface area contributed by atoms with Gasteiger partial charge >= 0.3 is 0 Å². The van der Waals surface area contributed by atoms with Gasteiger partial charge in [-0.15, -0.1) is 70.6 Å². The van der Waals surface area contributed by atoms with Gasteiger partial charge in [0.1, 0.15) is 137 Å². The predicted molar refractivity (Wildman–Crippen MR) is 395 cm³/mol. The van der Waals surface area contributed by atoms with Crippen LogP contribution in [0.15, 0.2) is 130 Å². The van der Waals surface area contributed by atoms with E-state index in [9.17, 15) is 0 Å². The van der Waals surface area contributed by atoms with Crippen molar-refractivity contribution in [1.82, 2.24) is 0 Å². The summed E-state index contributed by atoms with van der Waals surface area (Å²) in [6, 6.07) is 0. The topological polar surface area (TPSA) is 148 Å². The van der Waals surface area contributed by atoms with E-state index < -0.39 is 0 Å². The lowest BCUT2D eigenvalue weighted by atomic mass is 9.98. The summed E-state index contributed by atoms with van der Waals surface area (Å²) in [5.74, 6) is 10.6. The van der Waals surface area contributed by atoms with Gasteiger partial charge in [0.25, 0.3) is 0 Å². The number of allylic oxidation sites excluding steroid dienone is 6. The molecule has 0 saturated heterocycles. The monoisotopic (exact) mass is 1430 g/mol. The van der Waals surface area contributed by atoms with Crippen LogP contribution >= 0.6 is 70.6 Å². The van der Waals surface area contributed by atoms with E-state index in [1.165, 1.54) is 144 Å². The smallest absolute Gasteiger partial charge is 0.132 e. The summed E-state index contributed by atoms with van der Waals surface area (Å²) in [5.41, 5.74) is 0.341. The van der Waals surface area contributed by atoms with Gasteiger partial charge in [-0.3, -0.25) is 0 Å². The summed E-state index contributed by atoms with van der Waals surface area (Å²) in [6.45, 7) is 29.1. The Morgan fingerprint density at radius 3 is 1.48 bits per heavy atom. The van der Waals surface area contributed by atoms with Crippen molar-refractivity contribution < 1.29 is 75.8 Å². The Labute approximate surface area is 593 Å². The normalized spacial score (nSPS) is 26.6. The summed E-state index contributed by atoms with van der Waals surface area (Å²) in [6.07, 6.45) is 42.6. The summed E-state index contributed by atoms with van der Waals surface area (Å²) in [5, 5.41) is 8.85. The summed E-state index contributed by atoms with van der Waals surface area (Å²) in [7, 11) is 0. The number of thioether (sulfide) groups is 6. The molecule has 16 nitrogen and oxygen atoms in total. The molecule has 0 fully saturated rings. The zero-order valence-electron chi connectivity index (χ0n) is 58.5. The summed E-state index contributed by atoms with van der Waals surface area (Å²) >= 11 is 11.4. The Bertz CT molecular complexity index is 2130. The second-order valence-electron chi connectivity index (χ2n) is 23.8. The Morgan fingerprint density at radius 1 is 0.372 bits per heavy atom. The third kappa shape index (κ3) is 48.7. The largest absolute Gasteiger partial charge is 0.501 e. The van der Waals surface area contributed by atoms with Crippen LogP contribution in [-0.4, -0.2) is 137 Å². The first-order valence-corrected chi connectivity index (χ1v) is 40.1. The maximum absolute atomic E-state index is 5.75. The Kier molecular flexibility index (Phi) is 52.0. The van der Waals surface area contributed by atoms with Crippen LogP contribution in [0.4, 0.5) is 0 Å². The molecule has 0 amide bonds. The highest BCUT2D eigenvalue weighted by molar-refractivity contribution is 8.03. The van der Waals surface area contributed by atoms with E-state index in [2.05, 4.69) is 27.7 Å². The molecule has 11 heterocycles. The molecule has 0 bridgehead atoms. The highest BCUT2D eigenvalue weighted by Gasteiger charge is 2.20. The molecular weight excluding hydrogens is 1310 g/mol. The first kappa shape index (κ1) is 84.3. The van der Waals surface area contributed by atoms with Crippen LogP contribution in [0.25, 0.3) is 0 Å². The van der Waals surface area contributed by atoms with Crippen molar-refractivity contribution in [1.29, 1.82) is 0 Å². The molecular formula is C72H118O16S6. The minimum Gasteiger partial charge on any atom is -0.501 e. The minimum atomic E-state index is 0.194. The van der Waals surface area contributed by atoms with E-state index in [0.29, 0.717) is 51.2 Å². The zero-order valence-corrected chi connectivity index (χ0v) is 63.4. The van der Waals surface area contributed by atoms with Crippen LogP contribution in [0.2, 0.25) is 0 Å². The lowest BCUT2D eigenvalue weighted by molar-refractivity contribution is -0.0118. The van der Waals surface area contributed by atoms with Gasteiger partial charge in [-0.1, -0.05) is 20.8 Å². The van der Waals surface area contributed by atoms with Gasteiger partial charge in [0.05, 0.1) is 64.2 Å². The first-order chi connectivity index (χ1) is 45.8. The molecule has 22 heteroatoms. The lowest BCUT2D eigenvalue weighted by Crippen LogP contribution is -2.25. The number of hydrogen-bond donors (Lipinski definition) is 0. The molecule has 0 aromatic carbocycles. The van der Waals surface area contributed by atoms with Crippen molar-refractivity contribution in [3.63, 3.8) is 0 Å². The average molecular weight is 1430 g/mol. The SMILES string of the molecule is C1=COCCO1.C1=CSCCCCO1.C1CCSC2=C(CCCC2)OC1.C1COC2=C(CCCC2)SC1.CC1(C)COC=CSC1.CC1=COC(C)CO1.CC1=COCCO1.CC1CCCO/C=C\S1.CC1CCCS/C=C\O1.CC1COC=CO1.CC1OC=COC1C. The molecule has 0 radical (unpaired) electrons. The van der Waals surface area contributed by atoms with Gasteiger partial charge < -0.3 is 75.8 Å². The molecule has 0 saturated carbocycles. The van der Waals surface area contributed by atoms with Crippen molar-refractivity contribution in [3.05, 3.63) is 130 Å². The molecule has 0 aromatic heterocycles. The highest BCUT2D eigenvalue weighted by Crippen LogP contribution is 2.37. The van der Waals surface area contributed by atoms with E-state index in [1.54, 1.807) is 85.0 Å². The molecule has 538 valence electrons. The fraction of sp³-hybridized carbons (Fsp3) is 0.694. The first-order valence-electron chi connectivity index (χ1n) is 34.0. The van der Waals surface area contributed by atoms with E-state index >= 15 is 0 Å². The van der Waals surface area contributed by atoms with Crippen molar-refractivity contribution in [3.8, 4) is 0 Å². The molecule has 0 N–H and O–H groups in total. The third-order valence-electron chi connectivity index (χ3n) is 14.0. The molecule has 13 aliphatic rings. The minimum absolute atomic E-state index is 0.194. The molecule has 2 aliphatic carbocycles. The van der Waals surface area contributed by atoms with Gasteiger partial charge in [0.15, 0.2) is 0 Å². The van der Waals surface area contributed by atoms with E-state index in [1.807, 2.05) is 134 Å². The summed E-state index contributed by atoms with van der Waals surface area (Å²) < 4.78 is 81.8. The van der Waals surface area contributed by atoms with Crippen molar-refractivity contribution in [2.75, 3.05) is 101 Å². The molecule has 94 heavy (non-hydrogen) atoms. The zero-order chi connectivity index (χ0) is 67.6. The molecule has 6 atom stereocenters. The molecule has 13 rings (SSSR count). The van der Waals surface area contributed by atoms with E-state index in [4.69, 9.17) is 75.8 Å². The second kappa shape index (κ2) is 58.0. The van der Waals surface area contributed by atoms with Crippen molar-refractivity contribution >= 4 is 70.6 Å². The van der Waals surface area contributed by atoms with E-state index in [0.717, 1.165) is 55.6 Å². The number of rotatable bonds is 0. The van der Waals surface area contributed by atoms with Gasteiger partial charge in [0, 0.05) is 66.5 Å². The number of hydrogen-bond acceptors (Lipinski definition) is 22. The van der Waals surface area contributed by atoms with Gasteiger partial charge in [-0.05, 0) is 162 Å². The second-order valence-corrected chi connectivity index (χ2v) is 30.4. The lowest BCUT2D eigenvalue weighted by Gasteiger charge is -2.22. The fourth-order valence-corrected chi connectivity index (χ4v) is 13.6. The Balaban J connectivity index is 0.000000271. The van der Waals surface area contributed by atoms with Gasteiger partial charge in [-0.2, -0.15) is 0 Å². The van der Waals surface area contributed by atoms with Crippen molar-refractivity contribution in [2.45, 2.75) is 214 Å². The average Bonchev–Trinajstić information content (AvgIpc) is 1.66. The standard InChI is InChI=1S/C10H16OS.C9H14OS.3C7H12OS.2C6H10O2.C6H10OS.2C5H8O2.C4H6O2/c1-2-6-10-9(5-1)11-7-3-4-8-12-10;1-2-5-9-8(4-1)10-6-3-7-11-9;1-7(2)5-8-3-4-9-6-7;1-7-3-2-5-9-6-4-8-7;1-7-3-2-4-8-5-6-9-7;1-5-3-8-6(2)4-7-5;1-5-6(2)8-4-3-7-5;1-2-5-8-6-4-7-3-1;2*1-5-4-6-2-3-7-5;1-2-6-4-3-5-1/h1-8H2;1-7H2;3-4H,5-6H2,1-2H3;4,6-7H,2-3,5H2,1H3;5-7H,2-4H2,1H3;3,6H,4H2,1-2H3;3-6H,1-2H3;4,6H,1-3,5H2;4H,2-3H2,1H3;2-3,5H,4H2,1H3;1-2H,3-4H2/b;;;6-4-;6-5-;;;;;;. The quantitative estimate of drug-likeness (QED) is 0.226. The molecule has 0 spiro atoms. The van der Waals surface area contributed by atoms with Crippen LogP contribution in [0.1, 0.15) is 178 Å². The maximum Gasteiger partial charge on any atom is 0.132 e. The Morgan fingerprint density at radius 2 is 0.904 bits per heavy atom. The predicted octanol–water partition coefficient (Wildman–Crippen LogP) is 20.1. The van der Waals surface area contributed by atoms with Gasteiger partial charge in [-0.25, -0.2) is 0 Å². The molecule has 6 unspecified atom stereocenters. The van der Waals surface area contributed by atoms with Gasteiger partial charge in [0.2, 0.25) is 0 Å². The maximum atomic E-state index is 5.75. The van der Waals surface area contributed by atoms with Crippen LogP contribution in [0, 0.1) is 5.41 Å². The van der Waals surface area contributed by atoms with Crippen LogP contribution < -0.4 is 0 Å². The van der Waals surface area contributed by atoms with Crippen LogP contribution in [0.3, 0.4) is 0 Å². The summed E-state index contributed by atoms with van der Waals surface area (Å²) in [4.78, 5) is 3.11. The molecule has 0 aromatic rings. The van der Waals surface area contributed by atoms with E-state index in [-0.39, 0.29) is 24.4 Å². The van der Waals surface area contributed by atoms with Crippen LogP contribution in [0.5, 0.6) is 0 Å². The Hall–Kier alpha value is -3.96. The molecule has 11 aliphatic heterocycles. The third-order valence-corrected chi connectivity index (χ3v) is 20.4. The highest BCUT2D eigenvalue weighted by atomic mass is 32.2. The number of ether oxygens (including phenoxy) is 16.